The molecule has 2 amide bonds. The smallest absolute Gasteiger partial charge is 0.262 e. The molecule has 2 aliphatic rings. The lowest BCUT2D eigenvalue weighted by atomic mass is 9.97. The third-order valence-corrected chi connectivity index (χ3v) is 8.01. The number of carbonyl (C=O) groups is 2. The van der Waals surface area contributed by atoms with E-state index in [1.54, 1.807) is 29.9 Å². The van der Waals surface area contributed by atoms with Crippen LogP contribution in [-0.2, 0) is 16.1 Å². The van der Waals surface area contributed by atoms with Crippen LogP contribution in [-0.4, -0.2) is 60.7 Å². The van der Waals surface area contributed by atoms with Gasteiger partial charge < -0.3 is 24.8 Å². The minimum Gasteiger partial charge on any atom is -0.454 e. The molecule has 1 aliphatic heterocycles. The van der Waals surface area contributed by atoms with Gasteiger partial charge in [0.05, 0.1) is 29.8 Å². The lowest BCUT2D eigenvalue weighted by Gasteiger charge is -2.15. The summed E-state index contributed by atoms with van der Waals surface area (Å²) in [6.07, 6.45) is 7.80. The zero-order valence-electron chi connectivity index (χ0n) is 23.1. The summed E-state index contributed by atoms with van der Waals surface area (Å²) in [7, 11) is 1.56. The second-order valence-electron chi connectivity index (χ2n) is 9.95. The van der Waals surface area contributed by atoms with Crippen molar-refractivity contribution in [1.82, 2.24) is 20.2 Å². The molecule has 0 radical (unpaired) electrons. The molecular weight excluding hydrogens is 544 g/mol. The fraction of sp³-hybridized carbons (Fsp3) is 0.400. The maximum atomic E-state index is 13.7. The van der Waals surface area contributed by atoms with Gasteiger partial charge in [0.15, 0.2) is 16.7 Å². The third kappa shape index (κ3) is 7.28. The van der Waals surface area contributed by atoms with Gasteiger partial charge in [-0.05, 0) is 68.0 Å². The predicted molar refractivity (Wildman–Crippen MR) is 157 cm³/mol. The van der Waals surface area contributed by atoms with Gasteiger partial charge in [-0.3, -0.25) is 19.0 Å². The van der Waals surface area contributed by atoms with E-state index in [1.807, 2.05) is 18.2 Å². The van der Waals surface area contributed by atoms with Crippen LogP contribution in [0, 0.1) is 0 Å². The van der Waals surface area contributed by atoms with Crippen molar-refractivity contribution in [3.63, 3.8) is 0 Å². The van der Waals surface area contributed by atoms with E-state index in [0.29, 0.717) is 52.8 Å². The van der Waals surface area contributed by atoms with Crippen LogP contribution in [0.1, 0.15) is 48.0 Å². The van der Waals surface area contributed by atoms with Crippen molar-refractivity contribution in [2.45, 2.75) is 43.8 Å². The first-order chi connectivity index (χ1) is 20.0. The van der Waals surface area contributed by atoms with Crippen molar-refractivity contribution >= 4 is 34.5 Å². The highest BCUT2D eigenvalue weighted by Crippen LogP contribution is 2.33. The van der Waals surface area contributed by atoms with Gasteiger partial charge >= 0.3 is 0 Å². The number of rotatable bonds is 12. The van der Waals surface area contributed by atoms with Crippen molar-refractivity contribution in [3.05, 3.63) is 69.5 Å². The molecule has 0 saturated heterocycles. The van der Waals surface area contributed by atoms with Crippen LogP contribution < -0.4 is 25.7 Å². The molecule has 5 rings (SSSR count). The standard InChI is InChI=1S/C30H34N4O6S/c1-38-14-13-32-28(36)22-8-9-23-24(16-22)33-30(41-18-27(35)31-12-11-20-5-3-2-4-6-20)34(29(23)37)17-21-7-10-25-26(15-21)40-19-39-25/h5,7-10,15-16H,2-4,6,11-14,17-19H2,1H3,(H,31,35)(H,32,36). The number of benzene rings is 2. The Kier molecular flexibility index (Phi) is 9.58. The fourth-order valence-corrected chi connectivity index (χ4v) is 5.69. The first-order valence-corrected chi connectivity index (χ1v) is 14.8. The van der Waals surface area contributed by atoms with Crippen LogP contribution in [0.2, 0.25) is 0 Å². The summed E-state index contributed by atoms with van der Waals surface area (Å²) in [5.41, 5.74) is 2.76. The molecule has 3 aromatic rings. The lowest BCUT2D eigenvalue weighted by molar-refractivity contribution is -0.118. The average Bonchev–Trinajstić information content (AvgIpc) is 3.46. The highest BCUT2D eigenvalue weighted by molar-refractivity contribution is 7.99. The molecule has 41 heavy (non-hydrogen) atoms. The monoisotopic (exact) mass is 578 g/mol. The van der Waals surface area contributed by atoms with Crippen molar-refractivity contribution < 1.29 is 23.8 Å². The quantitative estimate of drug-likeness (QED) is 0.145. The van der Waals surface area contributed by atoms with Gasteiger partial charge in [0, 0.05) is 25.8 Å². The van der Waals surface area contributed by atoms with Crippen LogP contribution in [0.15, 0.2) is 58.0 Å². The number of fused-ring (bicyclic) bond motifs is 2. The van der Waals surface area contributed by atoms with Gasteiger partial charge in [-0.1, -0.05) is 29.5 Å². The highest BCUT2D eigenvalue weighted by Gasteiger charge is 2.18. The molecule has 11 heteroatoms. The normalized spacial score (nSPS) is 14.1. The molecule has 10 nitrogen and oxygen atoms in total. The summed E-state index contributed by atoms with van der Waals surface area (Å²) >= 11 is 1.20. The molecular formula is C30H34N4O6S. The Balaban J connectivity index is 1.37. The molecule has 0 atom stereocenters. The number of nitrogens with zero attached hydrogens (tertiary/aromatic N) is 2. The molecule has 2 heterocycles. The second-order valence-corrected chi connectivity index (χ2v) is 10.9. The van der Waals surface area contributed by atoms with Crippen molar-refractivity contribution in [3.8, 4) is 11.5 Å². The minimum absolute atomic E-state index is 0.106. The van der Waals surface area contributed by atoms with E-state index in [-0.39, 0.29) is 36.5 Å². The Morgan fingerprint density at radius 3 is 2.78 bits per heavy atom. The van der Waals surface area contributed by atoms with Crippen LogP contribution in [0.4, 0.5) is 0 Å². The van der Waals surface area contributed by atoms with Crippen molar-refractivity contribution in [2.24, 2.45) is 0 Å². The van der Waals surface area contributed by atoms with Crippen LogP contribution in [0.25, 0.3) is 10.9 Å². The SMILES string of the molecule is COCCNC(=O)c1ccc2c(=O)n(Cc3ccc4c(c3)OCO4)c(SCC(=O)NCCC3=CCCCC3)nc2c1. The maximum absolute atomic E-state index is 13.7. The molecule has 0 bridgehead atoms. The Morgan fingerprint density at radius 2 is 1.95 bits per heavy atom. The van der Waals surface area contributed by atoms with Gasteiger partial charge in [0.25, 0.3) is 11.5 Å². The molecule has 1 aromatic heterocycles. The van der Waals surface area contributed by atoms with Gasteiger partial charge in [-0.15, -0.1) is 0 Å². The largest absolute Gasteiger partial charge is 0.454 e. The zero-order chi connectivity index (χ0) is 28.6. The van der Waals surface area contributed by atoms with Crippen molar-refractivity contribution in [1.29, 1.82) is 0 Å². The number of hydrogen-bond donors (Lipinski definition) is 2. The summed E-state index contributed by atoms with van der Waals surface area (Å²) in [4.78, 5) is 43.8. The number of methoxy groups -OCH3 is 1. The molecule has 0 saturated carbocycles. The van der Waals surface area contributed by atoms with E-state index in [2.05, 4.69) is 16.7 Å². The van der Waals surface area contributed by atoms with Crippen LogP contribution in [0.5, 0.6) is 11.5 Å². The van der Waals surface area contributed by atoms with Gasteiger partial charge in [-0.2, -0.15) is 0 Å². The summed E-state index contributed by atoms with van der Waals surface area (Å²) in [5, 5.41) is 6.54. The molecule has 2 aromatic carbocycles. The number of ether oxygens (including phenoxy) is 3. The van der Waals surface area contributed by atoms with Gasteiger partial charge in [0.1, 0.15) is 0 Å². The summed E-state index contributed by atoms with van der Waals surface area (Å²) < 4.78 is 17.5. The van der Waals surface area contributed by atoms with E-state index in [0.717, 1.165) is 24.8 Å². The van der Waals surface area contributed by atoms with E-state index >= 15 is 0 Å². The number of carbonyl (C=O) groups excluding carboxylic acids is 2. The number of thioether (sulfide) groups is 1. The summed E-state index contributed by atoms with van der Waals surface area (Å²) in [5.74, 6) is 0.980. The highest BCUT2D eigenvalue weighted by atomic mass is 32.2. The molecule has 2 N–H and O–H groups in total. The van der Waals surface area contributed by atoms with Crippen LogP contribution >= 0.6 is 11.8 Å². The lowest BCUT2D eigenvalue weighted by Crippen LogP contribution is -2.28. The summed E-state index contributed by atoms with van der Waals surface area (Å²) in [6, 6.07) is 10.4. The Labute approximate surface area is 242 Å². The number of amides is 2. The molecule has 0 unspecified atom stereocenters. The topological polar surface area (TPSA) is 121 Å². The zero-order valence-corrected chi connectivity index (χ0v) is 23.9. The minimum atomic E-state index is -0.281. The first-order valence-electron chi connectivity index (χ1n) is 13.8. The fourth-order valence-electron chi connectivity index (χ4n) is 4.86. The third-order valence-electron chi connectivity index (χ3n) is 7.04. The summed E-state index contributed by atoms with van der Waals surface area (Å²) in [6.45, 7) is 1.73. The van der Waals surface area contributed by atoms with E-state index < -0.39 is 0 Å². The number of aromatic nitrogens is 2. The van der Waals surface area contributed by atoms with Gasteiger partial charge in [0.2, 0.25) is 12.7 Å². The van der Waals surface area contributed by atoms with E-state index in [4.69, 9.17) is 19.2 Å². The van der Waals surface area contributed by atoms with E-state index in [9.17, 15) is 14.4 Å². The Morgan fingerprint density at radius 1 is 1.07 bits per heavy atom. The number of hydrogen-bond acceptors (Lipinski definition) is 8. The predicted octanol–water partition coefficient (Wildman–Crippen LogP) is 3.65. The number of allylic oxidation sites excluding steroid dienone is 1. The second kappa shape index (κ2) is 13.7. The van der Waals surface area contributed by atoms with Gasteiger partial charge in [-0.25, -0.2) is 4.98 Å². The maximum Gasteiger partial charge on any atom is 0.262 e. The Bertz CT molecular complexity index is 1520. The average molecular weight is 579 g/mol. The molecule has 1 aliphatic carbocycles. The molecule has 0 spiro atoms. The molecule has 0 fully saturated rings. The Hall–Kier alpha value is -3.83. The molecule has 216 valence electrons. The van der Waals surface area contributed by atoms with Crippen LogP contribution in [0.3, 0.4) is 0 Å². The van der Waals surface area contributed by atoms with Crippen molar-refractivity contribution in [2.75, 3.05) is 39.4 Å². The first kappa shape index (κ1) is 28.7. The number of nitrogens with one attached hydrogen (secondary N) is 2. The van der Waals surface area contributed by atoms with E-state index in [1.165, 1.54) is 30.2 Å².